The molecule has 5 aromatic rings. The van der Waals surface area contributed by atoms with Crippen LogP contribution in [0.15, 0.2) is 42.5 Å². The van der Waals surface area contributed by atoms with Crippen LogP contribution in [0.25, 0.3) is 22.0 Å². The molecule has 1 saturated carbocycles. The molecule has 0 unspecified atom stereocenters. The highest BCUT2D eigenvalue weighted by atomic mass is 35.5. The van der Waals surface area contributed by atoms with Crippen molar-refractivity contribution in [1.29, 1.82) is 0 Å². The predicted molar refractivity (Wildman–Crippen MR) is 193 cm³/mol. The largest absolute Gasteiger partial charge is 0.381 e. The van der Waals surface area contributed by atoms with Gasteiger partial charge in [0.25, 0.3) is 12.3 Å². The Labute approximate surface area is 321 Å². The van der Waals surface area contributed by atoms with E-state index in [-0.39, 0.29) is 63.6 Å². The van der Waals surface area contributed by atoms with Gasteiger partial charge in [0.2, 0.25) is 15.9 Å². The Balaban J connectivity index is 1.38. The summed E-state index contributed by atoms with van der Waals surface area (Å²) in [6, 6.07) is 7.49. The molecule has 2 aromatic carbocycles. The van der Waals surface area contributed by atoms with Gasteiger partial charge in [-0.25, -0.2) is 31.0 Å². The van der Waals surface area contributed by atoms with Crippen molar-refractivity contribution in [1.82, 2.24) is 29.9 Å². The van der Waals surface area contributed by atoms with Crippen molar-refractivity contribution < 1.29 is 44.7 Å². The molecule has 294 valence electrons. The fourth-order valence-electron chi connectivity index (χ4n) is 7.56. The predicted octanol–water partition coefficient (Wildman–Crippen LogP) is 6.50. The number of halogens is 7. The van der Waals surface area contributed by atoms with Gasteiger partial charge < -0.3 is 10.4 Å². The molecular formula is C37H32ClF6N7O4S. The molecule has 0 bridgehead atoms. The number of carbonyl (C=O) groups is 1. The monoisotopic (exact) mass is 819 g/mol. The lowest BCUT2D eigenvalue weighted by Gasteiger charge is -2.34. The van der Waals surface area contributed by atoms with Crippen LogP contribution in [0.5, 0.6) is 0 Å². The molecule has 2 aliphatic rings. The van der Waals surface area contributed by atoms with Crippen LogP contribution in [0, 0.1) is 29.4 Å². The average Bonchev–Trinajstić information content (AvgIpc) is 3.64. The van der Waals surface area contributed by atoms with Crippen molar-refractivity contribution in [2.75, 3.05) is 11.0 Å². The third-order valence-corrected chi connectivity index (χ3v) is 10.7. The molecular weight excluding hydrogens is 788 g/mol. The van der Waals surface area contributed by atoms with Gasteiger partial charge in [-0.05, 0) is 73.9 Å². The van der Waals surface area contributed by atoms with Crippen molar-refractivity contribution in [2.24, 2.45) is 13.0 Å². The fraction of sp³-hybridized carbons (Fsp3) is 0.351. The first kappa shape index (κ1) is 39.1. The standard InChI is InChI=1S/C37H32ClF6N7O4S/c1-17(52)4-5-21-6-7-22(23-9-11-26(38)30-33(23)50(2)48-36(30)49-56(3,54)55)31(45-21)27(14-18-12-19(39)15-20(40)13-18)46-28(53)16-51-34-29(32(47-51)35(41)42)24-8-10-25(24)37(34,43)44/h6-7,9,11-13,15,17,24-25,27,35,52H,8,10,14,16H2,1-3H3,(H,46,53)(H,48,49)/t17-,24-,25+,27-/m0/s1. The van der Waals surface area contributed by atoms with E-state index in [4.69, 9.17) is 11.6 Å². The zero-order chi connectivity index (χ0) is 40.4. The first-order valence-electron chi connectivity index (χ1n) is 17.2. The van der Waals surface area contributed by atoms with Crippen molar-refractivity contribution in [3.05, 3.63) is 93.0 Å². The number of alkyl halides is 4. The normalized spacial score (nSPS) is 18.1. The highest BCUT2D eigenvalue weighted by molar-refractivity contribution is 7.92. The molecule has 4 atom stereocenters. The molecule has 11 nitrogen and oxygen atoms in total. The van der Waals surface area contributed by atoms with Gasteiger partial charge in [0.05, 0.1) is 33.9 Å². The van der Waals surface area contributed by atoms with Crippen LogP contribution in [0.3, 0.4) is 0 Å². The molecule has 0 saturated heterocycles. The van der Waals surface area contributed by atoms with Crippen LogP contribution in [0.4, 0.5) is 32.2 Å². The van der Waals surface area contributed by atoms with E-state index in [1.54, 1.807) is 12.1 Å². The smallest absolute Gasteiger partial charge is 0.293 e. The number of nitrogens with zero attached hydrogens (tertiary/aromatic N) is 5. The highest BCUT2D eigenvalue weighted by Gasteiger charge is 2.62. The lowest BCUT2D eigenvalue weighted by molar-refractivity contribution is -0.123. The first-order chi connectivity index (χ1) is 26.3. The van der Waals surface area contributed by atoms with E-state index in [2.05, 4.69) is 37.1 Å². The topological polar surface area (TPSA) is 144 Å². The third kappa shape index (κ3) is 7.30. The van der Waals surface area contributed by atoms with Crippen LogP contribution in [-0.2, 0) is 40.8 Å². The number of nitrogens with one attached hydrogen (secondary N) is 2. The number of hydrogen-bond donors (Lipinski definition) is 3. The molecule has 19 heteroatoms. The highest BCUT2D eigenvalue weighted by Crippen LogP contribution is 2.63. The maximum atomic E-state index is 15.6. The Morgan fingerprint density at radius 3 is 2.39 bits per heavy atom. The summed E-state index contributed by atoms with van der Waals surface area (Å²) in [5, 5.41) is 21.0. The van der Waals surface area contributed by atoms with Gasteiger partial charge in [-0.1, -0.05) is 23.6 Å². The summed E-state index contributed by atoms with van der Waals surface area (Å²) in [6.07, 6.45) is -3.25. The van der Waals surface area contributed by atoms with Crippen LogP contribution in [-0.4, -0.2) is 56.3 Å². The number of aliphatic hydroxyl groups excluding tert-OH is 1. The van der Waals surface area contributed by atoms with E-state index < -0.39 is 81.8 Å². The van der Waals surface area contributed by atoms with Crippen molar-refractivity contribution in [2.45, 2.75) is 63.1 Å². The molecule has 0 radical (unpaired) electrons. The number of pyridine rings is 1. The average molecular weight is 820 g/mol. The quantitative estimate of drug-likeness (QED) is 0.108. The molecule has 3 heterocycles. The minimum absolute atomic E-state index is 0.0326. The second-order valence-corrected chi connectivity index (χ2v) is 16.0. The molecule has 1 fully saturated rings. The summed E-state index contributed by atoms with van der Waals surface area (Å²) < 4.78 is 117. The second-order valence-electron chi connectivity index (χ2n) is 13.9. The maximum Gasteiger partial charge on any atom is 0.293 e. The van der Waals surface area contributed by atoms with Crippen molar-refractivity contribution in [3.63, 3.8) is 0 Å². The number of aryl methyl sites for hydroxylation is 1. The number of rotatable bonds is 10. The summed E-state index contributed by atoms with van der Waals surface area (Å²) >= 11 is 6.57. The summed E-state index contributed by atoms with van der Waals surface area (Å²) in [4.78, 5) is 18.6. The lowest BCUT2D eigenvalue weighted by atomic mass is 9.73. The maximum absolute atomic E-state index is 15.6. The second kappa shape index (κ2) is 14.4. The van der Waals surface area contributed by atoms with Gasteiger partial charge in [-0.15, -0.1) is 0 Å². The molecule has 3 N–H and O–H groups in total. The van der Waals surface area contributed by atoms with Gasteiger partial charge in [0.15, 0.2) is 5.82 Å². The van der Waals surface area contributed by atoms with E-state index in [1.807, 2.05) is 0 Å². The number of aliphatic hydroxyl groups is 1. The summed E-state index contributed by atoms with van der Waals surface area (Å²) in [5.74, 6) is -3.16. The molecule has 0 spiro atoms. The summed E-state index contributed by atoms with van der Waals surface area (Å²) in [7, 11) is -2.30. The molecule has 56 heavy (non-hydrogen) atoms. The number of anilines is 1. The zero-order valence-corrected chi connectivity index (χ0v) is 31.3. The van der Waals surface area contributed by atoms with E-state index in [1.165, 1.54) is 30.8 Å². The Hall–Kier alpha value is -5.12. The fourth-order valence-corrected chi connectivity index (χ4v) is 8.29. The Bertz CT molecular complexity index is 2560. The van der Waals surface area contributed by atoms with E-state index in [0.29, 0.717) is 21.8 Å². The zero-order valence-electron chi connectivity index (χ0n) is 29.7. The number of hydrogen-bond acceptors (Lipinski definition) is 7. The molecule has 0 aliphatic heterocycles. The first-order valence-corrected chi connectivity index (χ1v) is 19.4. The minimum Gasteiger partial charge on any atom is -0.381 e. The number of carbonyl (C=O) groups excluding carboxylic acids is 1. The van der Waals surface area contributed by atoms with Gasteiger partial charge in [0, 0.05) is 35.7 Å². The van der Waals surface area contributed by atoms with E-state index in [9.17, 15) is 35.9 Å². The Morgan fingerprint density at radius 1 is 1.07 bits per heavy atom. The Kier molecular flexibility index (Phi) is 10.1. The SMILES string of the molecule is C[C@H](O)C#Cc1ccc(-c2ccc(Cl)c3c(NS(C)(=O)=O)nn(C)c23)c([C@H](Cc2cc(F)cc(F)c2)NC(=O)Cn2nc(C(F)F)c3c2C(F)(F)[C@@H]2CC[C@H]32)n1. The molecule has 3 aromatic heterocycles. The number of aromatic nitrogens is 5. The third-order valence-electron chi connectivity index (χ3n) is 9.82. The number of amides is 1. The van der Waals surface area contributed by atoms with Gasteiger partial charge >= 0.3 is 0 Å². The number of sulfonamides is 1. The summed E-state index contributed by atoms with van der Waals surface area (Å²) in [5.41, 5.74) is -0.708. The van der Waals surface area contributed by atoms with Crippen LogP contribution >= 0.6 is 11.6 Å². The van der Waals surface area contributed by atoms with Gasteiger partial charge in [-0.3, -0.25) is 18.9 Å². The Morgan fingerprint density at radius 2 is 1.77 bits per heavy atom. The minimum atomic E-state index is -3.83. The number of benzene rings is 2. The lowest BCUT2D eigenvalue weighted by Crippen LogP contribution is -2.36. The summed E-state index contributed by atoms with van der Waals surface area (Å²) in [6.45, 7) is 0.502. The van der Waals surface area contributed by atoms with Gasteiger partial charge in [-0.2, -0.15) is 19.0 Å². The number of fused-ring (bicyclic) bond motifs is 4. The van der Waals surface area contributed by atoms with Crippen molar-refractivity contribution in [3.8, 4) is 23.0 Å². The van der Waals surface area contributed by atoms with Crippen LogP contribution in [0.2, 0.25) is 5.02 Å². The van der Waals surface area contributed by atoms with Crippen molar-refractivity contribution >= 4 is 44.3 Å². The van der Waals surface area contributed by atoms with Crippen LogP contribution < -0.4 is 10.0 Å². The van der Waals surface area contributed by atoms with E-state index in [0.717, 1.165) is 18.4 Å². The van der Waals surface area contributed by atoms with Crippen LogP contribution in [0.1, 0.15) is 72.1 Å². The molecule has 2 aliphatic carbocycles. The molecule has 1 amide bonds. The van der Waals surface area contributed by atoms with Gasteiger partial charge in [0.1, 0.15) is 41.4 Å². The molecule has 7 rings (SSSR count). The van der Waals surface area contributed by atoms with E-state index >= 15 is 8.78 Å².